The molecule has 0 bridgehead atoms. The first-order valence-corrected chi connectivity index (χ1v) is 21.7. The van der Waals surface area contributed by atoms with Crippen molar-refractivity contribution < 1.29 is 73.8 Å². The van der Waals surface area contributed by atoms with Gasteiger partial charge in [0.25, 0.3) is 0 Å². The number of halogens is 6. The number of rotatable bonds is 33. The maximum Gasteiger partial charge on any atom is 0.416 e. The van der Waals surface area contributed by atoms with E-state index in [4.69, 9.17) is 37.9 Å². The SMILES string of the molecule is COCCOCCOCCn1cc(-c2cc(C(=O)OCCCCCCCCCCOC(=O)c3cc(C(F)(F)F)cc(C(F)(F)F)c3)cc(-c3cn(CCOCCOCCOC)nn3)c2)nn1. The number of benzene rings is 2. The van der Waals surface area contributed by atoms with Crippen molar-refractivity contribution in [3.63, 3.8) is 0 Å². The molecule has 366 valence electrons. The summed E-state index contributed by atoms with van der Waals surface area (Å²) in [7, 11) is 3.21. The smallest absolute Gasteiger partial charge is 0.416 e. The van der Waals surface area contributed by atoms with Crippen LogP contribution in [0.5, 0.6) is 0 Å². The fourth-order valence-electron chi connectivity index (χ4n) is 6.20. The minimum Gasteiger partial charge on any atom is -0.462 e. The Hall–Kier alpha value is -5.00. The summed E-state index contributed by atoms with van der Waals surface area (Å²) in [4.78, 5) is 25.7. The van der Waals surface area contributed by atoms with E-state index >= 15 is 0 Å². The van der Waals surface area contributed by atoms with E-state index in [2.05, 4.69) is 20.6 Å². The molecule has 0 saturated carbocycles. The molecule has 0 saturated heterocycles. The number of aromatic nitrogens is 6. The molecule has 0 N–H and O–H groups in total. The van der Waals surface area contributed by atoms with E-state index in [-0.39, 0.29) is 19.3 Å². The van der Waals surface area contributed by atoms with E-state index in [1.807, 2.05) is 6.07 Å². The number of hydrogen-bond donors (Lipinski definition) is 0. The Morgan fingerprint density at radius 1 is 0.470 bits per heavy atom. The van der Waals surface area contributed by atoms with E-state index in [9.17, 15) is 35.9 Å². The van der Waals surface area contributed by atoms with Gasteiger partial charge in [-0.3, -0.25) is 0 Å². The quantitative estimate of drug-likeness (QED) is 0.0258. The summed E-state index contributed by atoms with van der Waals surface area (Å²) < 4.78 is 125. The summed E-state index contributed by atoms with van der Waals surface area (Å²) in [5.74, 6) is -1.77. The van der Waals surface area contributed by atoms with Crippen LogP contribution in [-0.2, 0) is 63.3 Å². The molecule has 0 radical (unpaired) electrons. The Morgan fingerprint density at radius 2 is 0.833 bits per heavy atom. The highest BCUT2D eigenvalue weighted by Crippen LogP contribution is 2.36. The standard InChI is InChI=1S/C44H58F6N6O10/c1-59-17-19-63-23-21-61-15-11-55-31-39(51-53-55)33-25-34(40-32-56(54-52-40)12-16-62-22-24-64-20-18-60-2)27-35(26-33)41(57)65-13-9-7-5-3-4-6-8-10-14-66-42(58)36-28-37(43(45,46)47)30-38(29-36)44(48,49)50/h25-32H,3-24H2,1-2H3. The number of carbonyl (C=O) groups excluding carboxylic acids is 2. The Balaban J connectivity index is 1.21. The van der Waals surface area contributed by atoms with Gasteiger partial charge >= 0.3 is 24.3 Å². The van der Waals surface area contributed by atoms with E-state index in [0.29, 0.717) is 139 Å². The zero-order chi connectivity index (χ0) is 47.6. The number of alkyl halides is 6. The summed E-state index contributed by atoms with van der Waals surface area (Å²) in [5, 5.41) is 17.1. The Morgan fingerprint density at radius 3 is 1.23 bits per heavy atom. The van der Waals surface area contributed by atoms with Crippen LogP contribution in [0.15, 0.2) is 48.8 Å². The predicted octanol–water partition coefficient (Wildman–Crippen LogP) is 7.74. The lowest BCUT2D eigenvalue weighted by Gasteiger charge is -2.14. The van der Waals surface area contributed by atoms with Gasteiger partial charge in [0, 0.05) is 25.3 Å². The minimum atomic E-state index is -5.06. The first-order valence-electron chi connectivity index (χ1n) is 21.7. The number of ether oxygens (including phenoxy) is 8. The van der Waals surface area contributed by atoms with Gasteiger partial charge in [-0.15, -0.1) is 10.2 Å². The molecule has 16 nitrogen and oxygen atoms in total. The van der Waals surface area contributed by atoms with Crippen LogP contribution >= 0.6 is 0 Å². The average Bonchev–Trinajstić information content (AvgIpc) is 3.98. The number of methoxy groups -OCH3 is 2. The van der Waals surface area contributed by atoms with E-state index in [1.165, 1.54) is 0 Å². The Kier molecular flexibility index (Phi) is 23.5. The van der Waals surface area contributed by atoms with Gasteiger partial charge in [0.15, 0.2) is 0 Å². The second-order valence-electron chi connectivity index (χ2n) is 14.9. The van der Waals surface area contributed by atoms with Crippen LogP contribution in [-0.4, -0.2) is 135 Å². The molecular weight excluding hydrogens is 887 g/mol. The molecule has 0 spiro atoms. The molecular formula is C44H58F6N6O10. The van der Waals surface area contributed by atoms with E-state index in [0.717, 1.165) is 32.1 Å². The normalized spacial score (nSPS) is 11.9. The van der Waals surface area contributed by atoms with E-state index in [1.54, 1.807) is 48.1 Å². The van der Waals surface area contributed by atoms with Crippen LogP contribution in [0.3, 0.4) is 0 Å². The largest absolute Gasteiger partial charge is 0.462 e. The molecule has 0 aliphatic heterocycles. The number of esters is 2. The average molecular weight is 945 g/mol. The number of carbonyl (C=O) groups is 2. The third kappa shape index (κ3) is 19.8. The maximum absolute atomic E-state index is 13.4. The zero-order valence-electron chi connectivity index (χ0n) is 37.2. The van der Waals surface area contributed by atoms with Gasteiger partial charge in [-0.25, -0.2) is 19.0 Å². The highest BCUT2D eigenvalue weighted by atomic mass is 19.4. The lowest BCUT2D eigenvalue weighted by atomic mass is 10.0. The monoisotopic (exact) mass is 944 g/mol. The summed E-state index contributed by atoms with van der Waals surface area (Å²) in [5.41, 5.74) is -1.37. The number of unbranched alkanes of at least 4 members (excludes halogenated alkanes) is 7. The fourth-order valence-corrected chi connectivity index (χ4v) is 6.20. The van der Waals surface area contributed by atoms with Crippen molar-refractivity contribution in [3.8, 4) is 22.5 Å². The van der Waals surface area contributed by atoms with Crippen molar-refractivity contribution >= 4 is 11.9 Å². The molecule has 4 aromatic rings. The van der Waals surface area contributed by atoms with Crippen LogP contribution in [0.25, 0.3) is 22.5 Å². The Bertz CT molecular complexity index is 1920. The molecule has 0 amide bonds. The lowest BCUT2D eigenvalue weighted by Crippen LogP contribution is -2.15. The molecule has 2 aromatic carbocycles. The molecule has 0 fully saturated rings. The summed E-state index contributed by atoms with van der Waals surface area (Å²) in [6, 6.07) is 5.90. The molecule has 0 unspecified atom stereocenters. The van der Waals surface area contributed by atoms with Crippen molar-refractivity contribution in [2.45, 2.75) is 76.8 Å². The topological polar surface area (TPSA) is 169 Å². The van der Waals surface area contributed by atoms with Gasteiger partial charge in [-0.05, 0) is 49.2 Å². The third-order valence-corrected chi connectivity index (χ3v) is 9.70. The van der Waals surface area contributed by atoms with Crippen LogP contribution in [0.1, 0.15) is 83.2 Å². The van der Waals surface area contributed by atoms with Gasteiger partial charge in [-0.2, -0.15) is 26.3 Å². The highest BCUT2D eigenvalue weighted by Gasteiger charge is 2.37. The summed E-state index contributed by atoms with van der Waals surface area (Å²) in [6.07, 6.45) is -0.731. The molecule has 0 atom stereocenters. The van der Waals surface area contributed by atoms with Gasteiger partial charge in [0.1, 0.15) is 11.4 Å². The molecule has 66 heavy (non-hydrogen) atoms. The van der Waals surface area contributed by atoms with Crippen LogP contribution in [0, 0.1) is 0 Å². The second kappa shape index (κ2) is 28.9. The van der Waals surface area contributed by atoms with Gasteiger partial charge < -0.3 is 37.9 Å². The predicted molar refractivity (Wildman–Crippen MR) is 225 cm³/mol. The minimum absolute atomic E-state index is 0.0407. The number of hydrogen-bond acceptors (Lipinski definition) is 14. The first-order chi connectivity index (χ1) is 31.8. The van der Waals surface area contributed by atoms with Gasteiger partial charge in [0.05, 0.1) is 127 Å². The van der Waals surface area contributed by atoms with Gasteiger partial charge in [-0.1, -0.05) is 49.0 Å². The van der Waals surface area contributed by atoms with Crippen molar-refractivity contribution in [3.05, 3.63) is 71.0 Å². The molecule has 2 aromatic heterocycles. The lowest BCUT2D eigenvalue weighted by molar-refractivity contribution is -0.143. The van der Waals surface area contributed by atoms with Crippen molar-refractivity contribution in [2.75, 3.05) is 93.5 Å². The van der Waals surface area contributed by atoms with Crippen LogP contribution < -0.4 is 0 Å². The van der Waals surface area contributed by atoms with Crippen LogP contribution in [0.2, 0.25) is 0 Å². The highest BCUT2D eigenvalue weighted by molar-refractivity contribution is 5.93. The second-order valence-corrected chi connectivity index (χ2v) is 14.9. The molecule has 22 heteroatoms. The van der Waals surface area contributed by atoms with Crippen molar-refractivity contribution in [1.82, 2.24) is 30.0 Å². The van der Waals surface area contributed by atoms with Crippen molar-refractivity contribution in [1.29, 1.82) is 0 Å². The fraction of sp³-hybridized carbons (Fsp3) is 0.591. The molecule has 0 aliphatic rings. The molecule has 2 heterocycles. The van der Waals surface area contributed by atoms with Gasteiger partial charge in [0.2, 0.25) is 0 Å². The molecule has 0 aliphatic carbocycles. The van der Waals surface area contributed by atoms with Crippen molar-refractivity contribution in [2.24, 2.45) is 0 Å². The zero-order valence-corrected chi connectivity index (χ0v) is 37.2. The summed E-state index contributed by atoms with van der Waals surface area (Å²) in [6.45, 7) is 5.45. The van der Waals surface area contributed by atoms with E-state index < -0.39 is 41.0 Å². The number of nitrogens with zero attached hydrogens (tertiary/aromatic N) is 6. The third-order valence-electron chi connectivity index (χ3n) is 9.70. The molecule has 4 rings (SSSR count). The maximum atomic E-state index is 13.4. The Labute approximate surface area is 379 Å². The summed E-state index contributed by atoms with van der Waals surface area (Å²) >= 11 is 0. The van der Waals surface area contributed by atoms with Crippen LogP contribution in [0.4, 0.5) is 26.3 Å². The first kappa shape index (κ1) is 53.6.